The molecule has 3 aromatic rings. The summed E-state index contributed by atoms with van der Waals surface area (Å²) in [4.78, 5) is 12.4. The fraction of sp³-hybridized carbons (Fsp3) is 0.400. The number of hydrogen-bond donors (Lipinski definition) is 1. The first-order chi connectivity index (χ1) is 12.3. The van der Waals surface area contributed by atoms with Crippen LogP contribution < -0.4 is 5.32 Å². The lowest BCUT2D eigenvalue weighted by Crippen LogP contribution is -2.08. The van der Waals surface area contributed by atoms with Crippen LogP contribution in [0.3, 0.4) is 0 Å². The summed E-state index contributed by atoms with van der Waals surface area (Å²) in [5.74, 6) is 2.04. The summed E-state index contributed by atoms with van der Waals surface area (Å²) in [6.07, 6.45) is 5.98. The summed E-state index contributed by atoms with van der Waals surface area (Å²) in [5, 5.41) is 5.80. The molecule has 3 nitrogen and oxygen atoms in total. The van der Waals surface area contributed by atoms with Gasteiger partial charge in [-0.05, 0) is 49.0 Å². The molecule has 1 aliphatic rings. The topological polar surface area (TPSA) is 37.8 Å². The molecule has 4 rings (SSSR count). The third-order valence-electron chi connectivity index (χ3n) is 4.62. The summed E-state index contributed by atoms with van der Waals surface area (Å²) in [6.45, 7) is 3.05. The Bertz CT molecular complexity index is 858. The van der Waals surface area contributed by atoms with Crippen LogP contribution in [0.1, 0.15) is 35.8 Å². The number of fused-ring (bicyclic) bond motifs is 3. The Balaban J connectivity index is 1.64. The lowest BCUT2D eigenvalue weighted by molar-refractivity contribution is 0.700. The van der Waals surface area contributed by atoms with E-state index in [1.54, 1.807) is 11.8 Å². The SMILES string of the molecule is CCSc1nc(NCCc2ccccc2)c2c3c(sc2n1)CCCC3. The molecule has 0 saturated heterocycles. The maximum absolute atomic E-state index is 4.85. The molecule has 0 bridgehead atoms. The van der Waals surface area contributed by atoms with Crippen LogP contribution in [-0.2, 0) is 19.3 Å². The second-order valence-corrected chi connectivity index (χ2v) is 8.66. The first-order valence-corrected chi connectivity index (χ1v) is 10.9. The van der Waals surface area contributed by atoms with Gasteiger partial charge in [0.15, 0.2) is 5.16 Å². The molecule has 0 unspecified atom stereocenters. The molecule has 1 N–H and O–H groups in total. The van der Waals surface area contributed by atoms with Crippen LogP contribution in [0.4, 0.5) is 5.82 Å². The minimum Gasteiger partial charge on any atom is -0.369 e. The summed E-state index contributed by atoms with van der Waals surface area (Å²) >= 11 is 3.60. The van der Waals surface area contributed by atoms with Gasteiger partial charge in [0.05, 0.1) is 5.39 Å². The Morgan fingerprint density at radius 3 is 2.80 bits per heavy atom. The molecule has 0 fully saturated rings. The fourth-order valence-corrected chi connectivity index (χ4v) is 5.32. The zero-order valence-electron chi connectivity index (χ0n) is 14.5. The van der Waals surface area contributed by atoms with Crippen molar-refractivity contribution in [1.29, 1.82) is 0 Å². The van der Waals surface area contributed by atoms with Gasteiger partial charge in [-0.2, -0.15) is 0 Å². The number of thiophene rings is 1. The van der Waals surface area contributed by atoms with Crippen LogP contribution in [-0.4, -0.2) is 22.3 Å². The van der Waals surface area contributed by atoms with Crippen molar-refractivity contribution in [3.05, 3.63) is 46.3 Å². The predicted molar refractivity (Wildman–Crippen MR) is 109 cm³/mol. The smallest absolute Gasteiger partial charge is 0.190 e. The molecule has 0 saturated carbocycles. The van der Waals surface area contributed by atoms with Crippen molar-refractivity contribution in [2.45, 2.75) is 44.2 Å². The van der Waals surface area contributed by atoms with Gasteiger partial charge in [-0.3, -0.25) is 0 Å². The highest BCUT2D eigenvalue weighted by molar-refractivity contribution is 7.99. The van der Waals surface area contributed by atoms with Gasteiger partial charge in [-0.25, -0.2) is 9.97 Å². The van der Waals surface area contributed by atoms with Crippen molar-refractivity contribution in [3.8, 4) is 0 Å². The number of nitrogens with zero attached hydrogens (tertiary/aromatic N) is 2. The Morgan fingerprint density at radius 2 is 1.96 bits per heavy atom. The molecule has 1 aromatic carbocycles. The summed E-state index contributed by atoms with van der Waals surface area (Å²) in [7, 11) is 0. The van der Waals surface area contributed by atoms with E-state index >= 15 is 0 Å². The maximum atomic E-state index is 4.85. The highest BCUT2D eigenvalue weighted by atomic mass is 32.2. The zero-order valence-corrected chi connectivity index (χ0v) is 16.2. The maximum Gasteiger partial charge on any atom is 0.190 e. The zero-order chi connectivity index (χ0) is 17.1. The van der Waals surface area contributed by atoms with Crippen LogP contribution in [0.15, 0.2) is 35.5 Å². The van der Waals surface area contributed by atoms with Gasteiger partial charge in [0, 0.05) is 11.4 Å². The van der Waals surface area contributed by atoms with Crippen molar-refractivity contribution in [2.75, 3.05) is 17.6 Å². The van der Waals surface area contributed by atoms with E-state index in [9.17, 15) is 0 Å². The standard InChI is InChI=1S/C20H23N3S2/c1-2-24-20-22-18(21-13-12-14-8-4-3-5-9-14)17-15-10-6-7-11-16(15)25-19(17)23-20/h3-5,8-9H,2,6-7,10-13H2,1H3,(H,21,22,23). The van der Waals surface area contributed by atoms with Gasteiger partial charge >= 0.3 is 0 Å². The van der Waals surface area contributed by atoms with E-state index in [0.717, 1.165) is 29.7 Å². The molecule has 2 heterocycles. The van der Waals surface area contributed by atoms with E-state index in [1.165, 1.54) is 51.9 Å². The largest absolute Gasteiger partial charge is 0.369 e. The van der Waals surface area contributed by atoms with Crippen LogP contribution in [0.5, 0.6) is 0 Å². The third-order valence-corrected chi connectivity index (χ3v) is 6.53. The molecule has 0 radical (unpaired) electrons. The molecule has 25 heavy (non-hydrogen) atoms. The van der Waals surface area contributed by atoms with E-state index < -0.39 is 0 Å². The highest BCUT2D eigenvalue weighted by Gasteiger charge is 2.21. The van der Waals surface area contributed by atoms with Gasteiger partial charge in [0.1, 0.15) is 10.6 Å². The number of thioether (sulfide) groups is 1. The fourth-order valence-electron chi connectivity index (χ4n) is 3.43. The summed E-state index contributed by atoms with van der Waals surface area (Å²) < 4.78 is 0. The first kappa shape index (κ1) is 16.9. The van der Waals surface area contributed by atoms with Crippen molar-refractivity contribution in [1.82, 2.24) is 9.97 Å². The summed E-state index contributed by atoms with van der Waals surface area (Å²) in [6, 6.07) is 10.6. The Morgan fingerprint density at radius 1 is 1.12 bits per heavy atom. The molecule has 5 heteroatoms. The number of aromatic nitrogens is 2. The van der Waals surface area contributed by atoms with Crippen LogP contribution in [0.25, 0.3) is 10.2 Å². The lowest BCUT2D eigenvalue weighted by atomic mass is 9.97. The van der Waals surface area contributed by atoms with Crippen molar-refractivity contribution in [3.63, 3.8) is 0 Å². The lowest BCUT2D eigenvalue weighted by Gasteiger charge is -2.13. The van der Waals surface area contributed by atoms with E-state index in [4.69, 9.17) is 9.97 Å². The molecular formula is C20H23N3S2. The van der Waals surface area contributed by atoms with E-state index in [0.29, 0.717) is 0 Å². The quantitative estimate of drug-likeness (QED) is 0.470. The van der Waals surface area contributed by atoms with Crippen LogP contribution in [0, 0.1) is 0 Å². The number of rotatable bonds is 6. The number of benzene rings is 1. The van der Waals surface area contributed by atoms with Crippen molar-refractivity contribution < 1.29 is 0 Å². The molecule has 130 valence electrons. The van der Waals surface area contributed by atoms with Gasteiger partial charge in [-0.1, -0.05) is 49.0 Å². The van der Waals surface area contributed by atoms with Gasteiger partial charge < -0.3 is 5.32 Å². The molecule has 0 spiro atoms. The Hall–Kier alpha value is -1.59. The molecule has 2 aromatic heterocycles. The van der Waals surface area contributed by atoms with Gasteiger partial charge in [0.25, 0.3) is 0 Å². The van der Waals surface area contributed by atoms with E-state index in [1.807, 2.05) is 11.3 Å². The second-order valence-electron chi connectivity index (χ2n) is 6.34. The first-order valence-electron chi connectivity index (χ1n) is 9.08. The van der Waals surface area contributed by atoms with Crippen LogP contribution >= 0.6 is 23.1 Å². The third kappa shape index (κ3) is 3.67. The average molecular weight is 370 g/mol. The van der Waals surface area contributed by atoms with Gasteiger partial charge in [-0.15, -0.1) is 11.3 Å². The average Bonchev–Trinajstić information content (AvgIpc) is 3.01. The predicted octanol–water partition coefficient (Wildman–Crippen LogP) is 5.34. The number of aryl methyl sites for hydroxylation is 2. The second kappa shape index (κ2) is 7.75. The Labute approximate surface area is 157 Å². The Kier molecular flexibility index (Phi) is 5.22. The van der Waals surface area contributed by atoms with Crippen molar-refractivity contribution in [2.24, 2.45) is 0 Å². The minimum atomic E-state index is 0.899. The molecule has 0 aliphatic heterocycles. The number of hydrogen-bond acceptors (Lipinski definition) is 5. The number of anilines is 1. The molecule has 0 atom stereocenters. The highest BCUT2D eigenvalue weighted by Crippen LogP contribution is 2.39. The number of nitrogens with one attached hydrogen (secondary N) is 1. The molecular weight excluding hydrogens is 346 g/mol. The van der Waals surface area contributed by atoms with E-state index in [2.05, 4.69) is 42.6 Å². The summed E-state index contributed by atoms with van der Waals surface area (Å²) in [5.41, 5.74) is 2.86. The van der Waals surface area contributed by atoms with E-state index in [-0.39, 0.29) is 0 Å². The van der Waals surface area contributed by atoms with Gasteiger partial charge in [0.2, 0.25) is 0 Å². The normalized spacial score (nSPS) is 13.8. The monoisotopic (exact) mass is 369 g/mol. The minimum absolute atomic E-state index is 0.899. The molecule has 0 amide bonds. The molecule has 1 aliphatic carbocycles. The van der Waals surface area contributed by atoms with Crippen molar-refractivity contribution >= 4 is 39.1 Å². The van der Waals surface area contributed by atoms with Crippen LogP contribution in [0.2, 0.25) is 0 Å².